The summed E-state index contributed by atoms with van der Waals surface area (Å²) in [6.45, 7) is 0. The summed E-state index contributed by atoms with van der Waals surface area (Å²) in [5.74, 6) is 5.28. The third-order valence-corrected chi connectivity index (χ3v) is 4.02. The molecule has 4 aromatic rings. The number of phenols is 1. The monoisotopic (exact) mass is 399 g/mol. The van der Waals surface area contributed by atoms with Gasteiger partial charge in [-0.25, -0.2) is 19.0 Å². The Morgan fingerprint density at radius 2 is 1.82 bits per heavy atom. The maximum absolute atomic E-state index is 13.2. The van der Waals surface area contributed by atoms with Gasteiger partial charge in [-0.05, 0) is 52.8 Å². The van der Waals surface area contributed by atoms with Crippen LogP contribution in [-0.2, 0) is 0 Å². The van der Waals surface area contributed by atoms with Crippen molar-refractivity contribution in [2.24, 2.45) is 10.9 Å². The number of fused-ring (bicyclic) bond motifs is 1. The van der Waals surface area contributed by atoms with E-state index in [0.29, 0.717) is 10.7 Å². The van der Waals surface area contributed by atoms with Crippen molar-refractivity contribution >= 4 is 40.1 Å². The predicted molar refractivity (Wildman–Crippen MR) is 100 cm³/mol. The quantitative estimate of drug-likeness (QED) is 0.271. The summed E-state index contributed by atoms with van der Waals surface area (Å²) in [6, 6.07) is 10.0. The highest BCUT2D eigenvalue weighted by atomic mass is 35.5. The van der Waals surface area contributed by atoms with E-state index in [4.69, 9.17) is 17.4 Å². The first-order chi connectivity index (χ1) is 13.5. The molecule has 0 radical (unpaired) electrons. The van der Waals surface area contributed by atoms with E-state index >= 15 is 0 Å². The maximum atomic E-state index is 13.2. The molecule has 0 amide bonds. The van der Waals surface area contributed by atoms with E-state index < -0.39 is 0 Å². The van der Waals surface area contributed by atoms with Gasteiger partial charge < -0.3 is 16.3 Å². The fraction of sp³-hybridized carbons (Fsp3) is 0. The van der Waals surface area contributed by atoms with Crippen LogP contribution in [0.5, 0.6) is 5.75 Å². The average molecular weight is 400 g/mol. The lowest BCUT2D eigenvalue weighted by atomic mass is 10.1. The second-order valence-corrected chi connectivity index (χ2v) is 6.04. The molecule has 2 aromatic heterocycles. The molecule has 2 aromatic carbocycles. The number of aromatic hydroxyl groups is 1. The van der Waals surface area contributed by atoms with Crippen LogP contribution in [0.2, 0.25) is 5.02 Å². The lowest BCUT2D eigenvalue weighted by Gasteiger charge is -2.12. The molecule has 0 saturated carbocycles. The first kappa shape index (κ1) is 17.6. The Hall–Kier alpha value is -3.79. The van der Waals surface area contributed by atoms with Crippen molar-refractivity contribution < 1.29 is 14.1 Å². The largest absolute Gasteiger partial charge is 0.507 e. The summed E-state index contributed by atoms with van der Waals surface area (Å²) in [6.07, 6.45) is 0. The third kappa shape index (κ3) is 3.28. The van der Waals surface area contributed by atoms with Crippen LogP contribution in [-0.4, -0.2) is 31.1 Å². The van der Waals surface area contributed by atoms with E-state index in [1.54, 1.807) is 0 Å². The van der Waals surface area contributed by atoms with Gasteiger partial charge in [-0.2, -0.15) is 5.10 Å². The summed E-state index contributed by atoms with van der Waals surface area (Å²) in [4.78, 5) is 8.65. The number of anilines is 2. The normalized spacial score (nSPS) is 11.7. The Labute approximate surface area is 161 Å². The van der Waals surface area contributed by atoms with Gasteiger partial charge in [0.2, 0.25) is 11.3 Å². The second kappa shape index (κ2) is 7.08. The van der Waals surface area contributed by atoms with Crippen LogP contribution in [0.25, 0.3) is 11.3 Å². The fourth-order valence-electron chi connectivity index (χ4n) is 2.52. The highest BCUT2D eigenvalue weighted by molar-refractivity contribution is 6.31. The standard InChI is InChI=1S/C17H11ClFN7O2/c18-8-1-6-12(27)11(7-8)13(24-20)14-15(21-10-4-2-9(19)3-5-10)23-17-16(22-14)25-28-26-17/h1-7,27H,20H2,(H,21,23,26)/b24-13+. The van der Waals surface area contributed by atoms with Gasteiger partial charge in [0.15, 0.2) is 5.82 Å². The Bertz CT molecular complexity index is 1190. The third-order valence-electron chi connectivity index (χ3n) is 3.79. The van der Waals surface area contributed by atoms with Gasteiger partial charge >= 0.3 is 0 Å². The SMILES string of the molecule is N/N=C(\c1cc(Cl)ccc1O)c1nc2nonc2nc1Nc1ccc(F)cc1. The number of rotatable bonds is 4. The number of phenolic OH excluding ortho intramolecular Hbond substituents is 1. The molecule has 0 aliphatic carbocycles. The number of hydrogen-bond donors (Lipinski definition) is 3. The van der Waals surface area contributed by atoms with Crippen LogP contribution < -0.4 is 11.2 Å². The maximum Gasteiger partial charge on any atom is 0.245 e. The van der Waals surface area contributed by atoms with E-state index in [-0.39, 0.29) is 45.6 Å². The van der Waals surface area contributed by atoms with Crippen molar-refractivity contribution in [3.63, 3.8) is 0 Å². The average Bonchev–Trinajstić information content (AvgIpc) is 3.14. The molecule has 0 fully saturated rings. The molecule has 0 atom stereocenters. The minimum Gasteiger partial charge on any atom is -0.507 e. The molecule has 0 saturated heterocycles. The molecule has 11 heteroatoms. The van der Waals surface area contributed by atoms with Crippen LogP contribution in [0, 0.1) is 5.82 Å². The summed E-state index contributed by atoms with van der Waals surface area (Å²) < 4.78 is 17.9. The van der Waals surface area contributed by atoms with Crippen LogP contribution in [0.1, 0.15) is 11.3 Å². The molecule has 4 rings (SSSR count). The van der Waals surface area contributed by atoms with Crippen LogP contribution >= 0.6 is 11.6 Å². The topological polar surface area (TPSA) is 135 Å². The van der Waals surface area contributed by atoms with Gasteiger partial charge in [0.05, 0.1) is 0 Å². The van der Waals surface area contributed by atoms with Crippen molar-refractivity contribution in [3.8, 4) is 5.75 Å². The summed E-state index contributed by atoms with van der Waals surface area (Å²) in [5, 5.41) is 24.7. The molecular formula is C17H11ClFN7O2. The smallest absolute Gasteiger partial charge is 0.245 e. The molecule has 0 spiro atoms. The van der Waals surface area contributed by atoms with E-state index in [9.17, 15) is 9.50 Å². The van der Waals surface area contributed by atoms with Crippen LogP contribution in [0.15, 0.2) is 52.2 Å². The van der Waals surface area contributed by atoms with E-state index in [1.807, 2.05) is 0 Å². The Kier molecular flexibility index (Phi) is 4.45. The van der Waals surface area contributed by atoms with Crippen molar-refractivity contribution in [1.82, 2.24) is 20.3 Å². The molecule has 2 heterocycles. The Morgan fingerprint density at radius 1 is 1.11 bits per heavy atom. The number of hydrazone groups is 1. The molecule has 4 N–H and O–H groups in total. The summed E-state index contributed by atoms with van der Waals surface area (Å²) in [5.41, 5.74) is 1.28. The van der Waals surface area contributed by atoms with Gasteiger partial charge in [-0.15, -0.1) is 0 Å². The lowest BCUT2D eigenvalue weighted by Crippen LogP contribution is -2.13. The molecule has 0 unspecified atom stereocenters. The number of halogens is 2. The minimum atomic E-state index is -0.388. The number of nitrogens with zero attached hydrogens (tertiary/aromatic N) is 5. The molecule has 28 heavy (non-hydrogen) atoms. The lowest BCUT2D eigenvalue weighted by molar-refractivity contribution is 0.314. The van der Waals surface area contributed by atoms with Gasteiger partial charge in [-0.1, -0.05) is 11.6 Å². The van der Waals surface area contributed by atoms with Crippen LogP contribution in [0.3, 0.4) is 0 Å². The fourth-order valence-corrected chi connectivity index (χ4v) is 2.69. The van der Waals surface area contributed by atoms with E-state index in [1.165, 1.54) is 42.5 Å². The van der Waals surface area contributed by atoms with Crippen molar-refractivity contribution in [3.05, 3.63) is 64.6 Å². The molecule has 0 bridgehead atoms. The summed E-state index contributed by atoms with van der Waals surface area (Å²) in [7, 11) is 0. The second-order valence-electron chi connectivity index (χ2n) is 5.60. The number of hydrogen-bond acceptors (Lipinski definition) is 9. The van der Waals surface area contributed by atoms with Gasteiger partial charge in [0, 0.05) is 16.3 Å². The Morgan fingerprint density at radius 3 is 2.54 bits per heavy atom. The van der Waals surface area contributed by atoms with Crippen molar-refractivity contribution in [2.75, 3.05) is 5.32 Å². The zero-order chi connectivity index (χ0) is 19.7. The Balaban J connectivity index is 1.88. The minimum absolute atomic E-state index is 0.0991. The predicted octanol–water partition coefficient (Wildman–Crippen LogP) is 2.97. The van der Waals surface area contributed by atoms with E-state index in [0.717, 1.165) is 0 Å². The van der Waals surface area contributed by atoms with Gasteiger partial charge in [0.1, 0.15) is 23.0 Å². The number of nitrogens with two attached hydrogens (primary N) is 1. The number of nitrogens with one attached hydrogen (secondary N) is 1. The van der Waals surface area contributed by atoms with Gasteiger partial charge in [0.25, 0.3) is 0 Å². The highest BCUT2D eigenvalue weighted by Crippen LogP contribution is 2.28. The first-order valence-electron chi connectivity index (χ1n) is 7.85. The number of aromatic nitrogens is 4. The molecule has 0 aliphatic rings. The summed E-state index contributed by atoms with van der Waals surface area (Å²) >= 11 is 6.04. The zero-order valence-corrected chi connectivity index (χ0v) is 14.7. The molecule has 140 valence electrons. The van der Waals surface area contributed by atoms with Gasteiger partial charge in [-0.3, -0.25) is 0 Å². The van der Waals surface area contributed by atoms with Crippen LogP contribution in [0.4, 0.5) is 15.9 Å². The van der Waals surface area contributed by atoms with Crippen molar-refractivity contribution in [1.29, 1.82) is 0 Å². The highest BCUT2D eigenvalue weighted by Gasteiger charge is 2.21. The molecule has 9 nitrogen and oxygen atoms in total. The number of benzene rings is 2. The zero-order valence-electron chi connectivity index (χ0n) is 14.0. The van der Waals surface area contributed by atoms with E-state index in [2.05, 4.69) is 35.3 Å². The molecular weight excluding hydrogens is 389 g/mol. The van der Waals surface area contributed by atoms with Crippen molar-refractivity contribution in [2.45, 2.75) is 0 Å². The first-order valence-corrected chi connectivity index (χ1v) is 8.23. The molecule has 0 aliphatic heterocycles.